The summed E-state index contributed by atoms with van der Waals surface area (Å²) in [6.07, 6.45) is 7.87. The van der Waals surface area contributed by atoms with E-state index in [2.05, 4.69) is 20.3 Å². The van der Waals surface area contributed by atoms with E-state index in [0.717, 1.165) is 19.5 Å². The Morgan fingerprint density at radius 1 is 1.21 bits per heavy atom. The number of anilines is 2. The zero-order chi connectivity index (χ0) is 16.8. The standard InChI is InChI=1S/C17H20N6O/c1-13-3-5-14(6-4-13)24-17-15(18)16(21-11-22-17)20-7-2-9-23-10-8-19-12-23/h3-6,8,10-12H,2,7,9,18H2,1H3,(H,20,21,22). The summed E-state index contributed by atoms with van der Waals surface area (Å²) in [5.74, 6) is 1.63. The van der Waals surface area contributed by atoms with Gasteiger partial charge in [-0.15, -0.1) is 0 Å². The first-order chi connectivity index (χ1) is 11.7. The van der Waals surface area contributed by atoms with Crippen molar-refractivity contribution in [2.75, 3.05) is 17.6 Å². The van der Waals surface area contributed by atoms with Gasteiger partial charge in [-0.05, 0) is 25.5 Å². The molecule has 0 bridgehead atoms. The number of benzene rings is 1. The Kier molecular flexibility index (Phi) is 4.90. The molecule has 124 valence electrons. The summed E-state index contributed by atoms with van der Waals surface area (Å²) in [6.45, 7) is 3.64. The van der Waals surface area contributed by atoms with E-state index in [1.807, 2.05) is 42.0 Å². The van der Waals surface area contributed by atoms with E-state index in [0.29, 0.717) is 23.1 Å². The van der Waals surface area contributed by atoms with Gasteiger partial charge in [-0.2, -0.15) is 4.98 Å². The third-order valence-electron chi connectivity index (χ3n) is 3.53. The van der Waals surface area contributed by atoms with Crippen LogP contribution < -0.4 is 15.8 Å². The van der Waals surface area contributed by atoms with E-state index in [1.165, 1.54) is 11.9 Å². The van der Waals surface area contributed by atoms with Gasteiger partial charge in [0, 0.05) is 25.5 Å². The van der Waals surface area contributed by atoms with Crippen LogP contribution in [0.5, 0.6) is 11.6 Å². The third kappa shape index (κ3) is 4.01. The van der Waals surface area contributed by atoms with Crippen LogP contribution in [0.25, 0.3) is 0 Å². The Bertz CT molecular complexity index is 770. The number of imidazole rings is 1. The Hall–Kier alpha value is -3.09. The van der Waals surface area contributed by atoms with Crippen LogP contribution in [0.3, 0.4) is 0 Å². The predicted molar refractivity (Wildman–Crippen MR) is 93.0 cm³/mol. The molecule has 2 aromatic heterocycles. The molecule has 3 aromatic rings. The largest absolute Gasteiger partial charge is 0.437 e. The second-order valence-corrected chi connectivity index (χ2v) is 5.44. The molecule has 0 aliphatic carbocycles. The van der Waals surface area contributed by atoms with E-state index in [1.54, 1.807) is 12.5 Å². The molecule has 7 heteroatoms. The van der Waals surface area contributed by atoms with Gasteiger partial charge in [0.15, 0.2) is 5.82 Å². The van der Waals surface area contributed by atoms with E-state index >= 15 is 0 Å². The van der Waals surface area contributed by atoms with Crippen molar-refractivity contribution in [3.05, 3.63) is 54.9 Å². The first kappa shape index (κ1) is 15.8. The highest BCUT2D eigenvalue weighted by atomic mass is 16.5. The molecule has 3 N–H and O–H groups in total. The molecule has 0 fully saturated rings. The maximum atomic E-state index is 6.11. The smallest absolute Gasteiger partial charge is 0.248 e. The lowest BCUT2D eigenvalue weighted by Crippen LogP contribution is -2.10. The highest BCUT2D eigenvalue weighted by molar-refractivity contribution is 5.66. The van der Waals surface area contributed by atoms with E-state index in [4.69, 9.17) is 10.5 Å². The molecule has 0 spiro atoms. The summed E-state index contributed by atoms with van der Waals surface area (Å²) >= 11 is 0. The fourth-order valence-corrected chi connectivity index (χ4v) is 2.21. The number of aryl methyl sites for hydroxylation is 2. The highest BCUT2D eigenvalue weighted by Crippen LogP contribution is 2.29. The van der Waals surface area contributed by atoms with Crippen molar-refractivity contribution in [3.8, 4) is 11.6 Å². The lowest BCUT2D eigenvalue weighted by molar-refractivity contribution is 0.464. The van der Waals surface area contributed by atoms with Gasteiger partial charge in [-0.25, -0.2) is 9.97 Å². The van der Waals surface area contributed by atoms with Crippen molar-refractivity contribution in [3.63, 3.8) is 0 Å². The second-order valence-electron chi connectivity index (χ2n) is 5.44. The van der Waals surface area contributed by atoms with Gasteiger partial charge in [-0.3, -0.25) is 0 Å². The normalized spacial score (nSPS) is 10.5. The lowest BCUT2D eigenvalue weighted by atomic mass is 10.2. The number of hydrogen-bond donors (Lipinski definition) is 2. The molecule has 3 rings (SSSR count). The fraction of sp³-hybridized carbons (Fsp3) is 0.235. The summed E-state index contributed by atoms with van der Waals surface area (Å²) < 4.78 is 7.77. The van der Waals surface area contributed by atoms with Crippen LogP contribution in [0.1, 0.15) is 12.0 Å². The zero-order valence-corrected chi connectivity index (χ0v) is 13.5. The Labute approximate surface area is 140 Å². The number of rotatable bonds is 7. The minimum Gasteiger partial charge on any atom is -0.437 e. The molecule has 0 saturated heterocycles. The predicted octanol–water partition coefficient (Wildman–Crippen LogP) is 2.86. The molecule has 0 aliphatic heterocycles. The average molecular weight is 324 g/mol. The highest BCUT2D eigenvalue weighted by Gasteiger charge is 2.10. The molecule has 1 aromatic carbocycles. The maximum Gasteiger partial charge on any atom is 0.248 e. The maximum absolute atomic E-state index is 6.11. The zero-order valence-electron chi connectivity index (χ0n) is 13.5. The van der Waals surface area contributed by atoms with Crippen molar-refractivity contribution in [2.24, 2.45) is 0 Å². The van der Waals surface area contributed by atoms with Crippen LogP contribution in [0.15, 0.2) is 49.3 Å². The summed E-state index contributed by atoms with van der Waals surface area (Å²) in [5.41, 5.74) is 7.68. The van der Waals surface area contributed by atoms with Gasteiger partial charge in [0.1, 0.15) is 17.8 Å². The molecule has 0 saturated carbocycles. The summed E-state index contributed by atoms with van der Waals surface area (Å²) in [4.78, 5) is 12.3. The molecular weight excluding hydrogens is 304 g/mol. The summed E-state index contributed by atoms with van der Waals surface area (Å²) in [7, 11) is 0. The monoisotopic (exact) mass is 324 g/mol. The van der Waals surface area contributed by atoms with Gasteiger partial charge in [0.2, 0.25) is 5.88 Å². The summed E-state index contributed by atoms with van der Waals surface area (Å²) in [6, 6.07) is 7.72. The number of hydrogen-bond acceptors (Lipinski definition) is 6. The SMILES string of the molecule is Cc1ccc(Oc2ncnc(NCCCn3ccnc3)c2N)cc1. The first-order valence-electron chi connectivity index (χ1n) is 7.77. The fourth-order valence-electron chi connectivity index (χ4n) is 2.21. The minimum absolute atomic E-state index is 0.353. The average Bonchev–Trinajstić information content (AvgIpc) is 3.10. The molecule has 0 amide bonds. The van der Waals surface area contributed by atoms with Crippen LogP contribution in [0.2, 0.25) is 0 Å². The molecule has 24 heavy (non-hydrogen) atoms. The lowest BCUT2D eigenvalue weighted by Gasteiger charge is -2.12. The van der Waals surface area contributed by atoms with Crippen LogP contribution in [0, 0.1) is 6.92 Å². The number of nitrogens with two attached hydrogens (primary N) is 1. The van der Waals surface area contributed by atoms with Gasteiger partial charge in [-0.1, -0.05) is 17.7 Å². The molecule has 0 unspecified atom stereocenters. The number of nitrogen functional groups attached to an aromatic ring is 1. The van der Waals surface area contributed by atoms with Crippen LogP contribution in [0.4, 0.5) is 11.5 Å². The van der Waals surface area contributed by atoms with Crippen molar-refractivity contribution < 1.29 is 4.74 Å². The van der Waals surface area contributed by atoms with Crippen molar-refractivity contribution in [1.29, 1.82) is 0 Å². The molecule has 0 atom stereocenters. The van der Waals surface area contributed by atoms with Gasteiger partial charge in [0.25, 0.3) is 0 Å². The molecular formula is C17H20N6O. The topological polar surface area (TPSA) is 90.9 Å². The van der Waals surface area contributed by atoms with Crippen molar-refractivity contribution >= 4 is 11.5 Å². The van der Waals surface area contributed by atoms with Crippen LogP contribution in [-0.4, -0.2) is 26.1 Å². The quantitative estimate of drug-likeness (QED) is 0.649. The third-order valence-corrected chi connectivity index (χ3v) is 3.53. The van der Waals surface area contributed by atoms with Crippen molar-refractivity contribution in [2.45, 2.75) is 19.9 Å². The van der Waals surface area contributed by atoms with E-state index < -0.39 is 0 Å². The molecule has 7 nitrogen and oxygen atoms in total. The van der Waals surface area contributed by atoms with E-state index in [-0.39, 0.29) is 0 Å². The van der Waals surface area contributed by atoms with Gasteiger partial charge in [0.05, 0.1) is 6.33 Å². The summed E-state index contributed by atoms with van der Waals surface area (Å²) in [5, 5.41) is 3.22. The molecule has 2 heterocycles. The first-order valence-corrected chi connectivity index (χ1v) is 7.77. The van der Waals surface area contributed by atoms with Crippen LogP contribution >= 0.6 is 0 Å². The van der Waals surface area contributed by atoms with Crippen LogP contribution in [-0.2, 0) is 6.54 Å². The number of nitrogens with one attached hydrogen (secondary N) is 1. The molecule has 0 radical (unpaired) electrons. The number of nitrogens with zero attached hydrogens (tertiary/aromatic N) is 4. The molecule has 0 aliphatic rings. The number of aromatic nitrogens is 4. The number of ether oxygens (including phenoxy) is 1. The van der Waals surface area contributed by atoms with E-state index in [9.17, 15) is 0 Å². The van der Waals surface area contributed by atoms with Crippen molar-refractivity contribution in [1.82, 2.24) is 19.5 Å². The minimum atomic E-state index is 0.353. The van der Waals surface area contributed by atoms with Gasteiger partial charge >= 0.3 is 0 Å². The Balaban J connectivity index is 1.59. The second kappa shape index (κ2) is 7.45. The Morgan fingerprint density at radius 2 is 2.04 bits per heavy atom. The Morgan fingerprint density at radius 3 is 2.79 bits per heavy atom. The van der Waals surface area contributed by atoms with Gasteiger partial charge < -0.3 is 20.4 Å².